The van der Waals surface area contributed by atoms with Gasteiger partial charge in [-0.2, -0.15) is 0 Å². The molecule has 1 aliphatic heterocycles. The van der Waals surface area contributed by atoms with Crippen LogP contribution >= 0.6 is 0 Å². The molecule has 1 unspecified atom stereocenters. The van der Waals surface area contributed by atoms with Gasteiger partial charge in [0.1, 0.15) is 13.2 Å². The zero-order valence-electron chi connectivity index (χ0n) is 10.9. The fourth-order valence-electron chi connectivity index (χ4n) is 2.31. The Labute approximate surface area is 113 Å². The lowest BCUT2D eigenvalue weighted by atomic mass is 9.98. The molecule has 0 aliphatic carbocycles. The molecule has 0 spiro atoms. The van der Waals surface area contributed by atoms with Crippen LogP contribution in [0.2, 0.25) is 0 Å². The Morgan fingerprint density at radius 3 is 2.47 bits per heavy atom. The molecule has 1 heterocycles. The molecule has 0 radical (unpaired) electrons. The van der Waals surface area contributed by atoms with Gasteiger partial charge in [0.15, 0.2) is 11.5 Å². The van der Waals surface area contributed by atoms with Crippen LogP contribution in [0.4, 0.5) is 0 Å². The number of benzene rings is 2. The molecule has 0 amide bonds. The van der Waals surface area contributed by atoms with Crippen molar-refractivity contribution in [3.05, 3.63) is 59.2 Å². The molecule has 3 nitrogen and oxygen atoms in total. The van der Waals surface area contributed by atoms with Crippen LogP contribution in [0.15, 0.2) is 42.5 Å². The van der Waals surface area contributed by atoms with Crippen LogP contribution in [0.3, 0.4) is 0 Å². The first-order valence-electron chi connectivity index (χ1n) is 6.46. The summed E-state index contributed by atoms with van der Waals surface area (Å²) in [6, 6.07) is 14.0. The van der Waals surface area contributed by atoms with Crippen molar-refractivity contribution in [2.45, 2.75) is 13.0 Å². The molecule has 3 rings (SSSR count). The molecule has 0 saturated heterocycles. The van der Waals surface area contributed by atoms with Gasteiger partial charge in [-0.1, -0.05) is 35.9 Å². The van der Waals surface area contributed by atoms with Crippen LogP contribution < -0.4 is 15.2 Å². The molecular weight excluding hydrogens is 238 g/mol. The van der Waals surface area contributed by atoms with Crippen molar-refractivity contribution in [1.82, 2.24) is 0 Å². The van der Waals surface area contributed by atoms with Gasteiger partial charge < -0.3 is 15.2 Å². The normalized spacial score (nSPS) is 15.1. The largest absolute Gasteiger partial charge is 0.486 e. The molecular formula is C16H17NO2. The van der Waals surface area contributed by atoms with Gasteiger partial charge in [0.25, 0.3) is 0 Å². The van der Waals surface area contributed by atoms with Crippen molar-refractivity contribution in [3.63, 3.8) is 0 Å². The molecule has 0 bridgehead atoms. The van der Waals surface area contributed by atoms with Gasteiger partial charge in [-0.05, 0) is 30.2 Å². The Bertz CT molecular complexity index is 595. The van der Waals surface area contributed by atoms with Gasteiger partial charge in [-0.15, -0.1) is 0 Å². The first-order valence-corrected chi connectivity index (χ1v) is 6.46. The third-order valence-electron chi connectivity index (χ3n) is 3.33. The van der Waals surface area contributed by atoms with Crippen LogP contribution in [0.25, 0.3) is 0 Å². The van der Waals surface area contributed by atoms with E-state index in [1.165, 1.54) is 5.56 Å². The minimum absolute atomic E-state index is 0.143. The quantitative estimate of drug-likeness (QED) is 0.897. The third-order valence-corrected chi connectivity index (χ3v) is 3.33. The number of rotatable bonds is 2. The SMILES string of the molecule is Cc1cccc(C(N)c2ccc3c(c2)OCCO3)c1. The van der Waals surface area contributed by atoms with Crippen molar-refractivity contribution in [3.8, 4) is 11.5 Å². The second-order valence-electron chi connectivity index (χ2n) is 4.79. The summed E-state index contributed by atoms with van der Waals surface area (Å²) in [6.45, 7) is 3.27. The lowest BCUT2D eigenvalue weighted by Gasteiger charge is -2.20. The van der Waals surface area contributed by atoms with E-state index in [4.69, 9.17) is 15.2 Å². The molecule has 0 aromatic heterocycles. The summed E-state index contributed by atoms with van der Waals surface area (Å²) >= 11 is 0. The van der Waals surface area contributed by atoms with E-state index < -0.39 is 0 Å². The Morgan fingerprint density at radius 1 is 0.947 bits per heavy atom. The smallest absolute Gasteiger partial charge is 0.161 e. The van der Waals surface area contributed by atoms with E-state index in [-0.39, 0.29) is 6.04 Å². The van der Waals surface area contributed by atoms with E-state index >= 15 is 0 Å². The van der Waals surface area contributed by atoms with Gasteiger partial charge in [0, 0.05) is 0 Å². The molecule has 3 heteroatoms. The van der Waals surface area contributed by atoms with Crippen LogP contribution in [-0.2, 0) is 0 Å². The molecule has 2 aromatic carbocycles. The van der Waals surface area contributed by atoms with Crippen LogP contribution in [-0.4, -0.2) is 13.2 Å². The summed E-state index contributed by atoms with van der Waals surface area (Å²) in [4.78, 5) is 0. The van der Waals surface area contributed by atoms with Crippen molar-refractivity contribution in [2.75, 3.05) is 13.2 Å². The third kappa shape index (κ3) is 2.42. The number of aryl methyl sites for hydroxylation is 1. The fraction of sp³-hybridized carbons (Fsp3) is 0.250. The monoisotopic (exact) mass is 255 g/mol. The lowest BCUT2D eigenvalue weighted by molar-refractivity contribution is 0.171. The van der Waals surface area contributed by atoms with E-state index in [0.717, 1.165) is 22.6 Å². The van der Waals surface area contributed by atoms with Crippen molar-refractivity contribution >= 4 is 0 Å². The Hall–Kier alpha value is -2.00. The predicted molar refractivity (Wildman–Crippen MR) is 74.6 cm³/mol. The van der Waals surface area contributed by atoms with Gasteiger partial charge in [0.05, 0.1) is 6.04 Å². The fourth-order valence-corrected chi connectivity index (χ4v) is 2.31. The molecule has 2 aromatic rings. The topological polar surface area (TPSA) is 44.5 Å². The van der Waals surface area contributed by atoms with E-state index in [0.29, 0.717) is 13.2 Å². The summed E-state index contributed by atoms with van der Waals surface area (Å²) in [5, 5.41) is 0. The van der Waals surface area contributed by atoms with Gasteiger partial charge in [-0.3, -0.25) is 0 Å². The first kappa shape index (κ1) is 12.1. The number of fused-ring (bicyclic) bond motifs is 1. The van der Waals surface area contributed by atoms with Crippen LogP contribution in [0.5, 0.6) is 11.5 Å². The number of hydrogen-bond acceptors (Lipinski definition) is 3. The Morgan fingerprint density at radius 2 is 1.68 bits per heavy atom. The second kappa shape index (κ2) is 4.94. The highest BCUT2D eigenvalue weighted by Gasteiger charge is 2.15. The van der Waals surface area contributed by atoms with E-state index in [1.807, 2.05) is 24.3 Å². The highest BCUT2D eigenvalue weighted by molar-refractivity contribution is 5.46. The van der Waals surface area contributed by atoms with Crippen molar-refractivity contribution in [1.29, 1.82) is 0 Å². The maximum atomic E-state index is 6.32. The van der Waals surface area contributed by atoms with Gasteiger partial charge >= 0.3 is 0 Å². The summed E-state index contributed by atoms with van der Waals surface area (Å²) in [5.74, 6) is 1.58. The number of hydrogen-bond donors (Lipinski definition) is 1. The summed E-state index contributed by atoms with van der Waals surface area (Å²) in [5.41, 5.74) is 9.68. The summed E-state index contributed by atoms with van der Waals surface area (Å²) in [6.07, 6.45) is 0. The van der Waals surface area contributed by atoms with Crippen molar-refractivity contribution in [2.24, 2.45) is 5.73 Å². The zero-order chi connectivity index (χ0) is 13.2. The van der Waals surface area contributed by atoms with E-state index in [2.05, 4.69) is 25.1 Å². The average Bonchev–Trinajstić information content (AvgIpc) is 2.46. The second-order valence-corrected chi connectivity index (χ2v) is 4.79. The first-order chi connectivity index (χ1) is 9.24. The zero-order valence-corrected chi connectivity index (χ0v) is 10.9. The Balaban J connectivity index is 1.93. The van der Waals surface area contributed by atoms with E-state index in [1.54, 1.807) is 0 Å². The number of nitrogens with two attached hydrogens (primary N) is 1. The standard InChI is InChI=1S/C16H17NO2/c1-11-3-2-4-12(9-11)16(17)13-5-6-14-15(10-13)19-8-7-18-14/h2-6,9-10,16H,7-8,17H2,1H3. The molecule has 0 saturated carbocycles. The molecule has 0 fully saturated rings. The predicted octanol–water partition coefficient (Wildman–Crippen LogP) is 2.81. The summed E-state index contributed by atoms with van der Waals surface area (Å²) < 4.78 is 11.1. The van der Waals surface area contributed by atoms with E-state index in [9.17, 15) is 0 Å². The molecule has 1 atom stereocenters. The molecule has 1 aliphatic rings. The van der Waals surface area contributed by atoms with Gasteiger partial charge in [0.2, 0.25) is 0 Å². The number of ether oxygens (including phenoxy) is 2. The van der Waals surface area contributed by atoms with Crippen LogP contribution in [0, 0.1) is 6.92 Å². The molecule has 19 heavy (non-hydrogen) atoms. The highest BCUT2D eigenvalue weighted by Crippen LogP contribution is 2.33. The summed E-state index contributed by atoms with van der Waals surface area (Å²) in [7, 11) is 0. The minimum Gasteiger partial charge on any atom is -0.486 e. The maximum absolute atomic E-state index is 6.32. The Kier molecular flexibility index (Phi) is 3.13. The minimum atomic E-state index is -0.143. The van der Waals surface area contributed by atoms with Crippen LogP contribution in [0.1, 0.15) is 22.7 Å². The highest BCUT2D eigenvalue weighted by atomic mass is 16.6. The average molecular weight is 255 g/mol. The van der Waals surface area contributed by atoms with Crippen molar-refractivity contribution < 1.29 is 9.47 Å². The molecule has 2 N–H and O–H groups in total. The lowest BCUT2D eigenvalue weighted by Crippen LogP contribution is -2.17. The maximum Gasteiger partial charge on any atom is 0.161 e. The molecule has 98 valence electrons. The van der Waals surface area contributed by atoms with Gasteiger partial charge in [-0.25, -0.2) is 0 Å².